The van der Waals surface area contributed by atoms with E-state index in [0.29, 0.717) is 19.5 Å². The van der Waals surface area contributed by atoms with E-state index in [2.05, 4.69) is 54.2 Å². The average Bonchev–Trinajstić information content (AvgIpc) is 2.79. The van der Waals surface area contributed by atoms with Gasteiger partial charge in [-0.2, -0.15) is 0 Å². The average molecular weight is 432 g/mol. The summed E-state index contributed by atoms with van der Waals surface area (Å²) in [5, 5.41) is 0. The van der Waals surface area contributed by atoms with Crippen molar-refractivity contribution in [3.63, 3.8) is 0 Å². The van der Waals surface area contributed by atoms with Crippen LogP contribution >= 0.6 is 0 Å². The van der Waals surface area contributed by atoms with Gasteiger partial charge in [0.25, 0.3) is 0 Å². The Hall–Kier alpha value is -2.82. The number of benzene rings is 1. The fourth-order valence-electron chi connectivity index (χ4n) is 4.59. The summed E-state index contributed by atoms with van der Waals surface area (Å²) >= 11 is 0. The number of hydrogen-bond donors (Lipinski definition) is 0. The fraction of sp³-hybridized carbons (Fsp3) is 0.481. The van der Waals surface area contributed by atoms with Crippen LogP contribution in [0.4, 0.5) is 0 Å². The fourth-order valence-corrected chi connectivity index (χ4v) is 4.59. The van der Waals surface area contributed by atoms with Crippen molar-refractivity contribution in [3.05, 3.63) is 53.9 Å². The summed E-state index contributed by atoms with van der Waals surface area (Å²) in [5.41, 5.74) is 4.73. The van der Waals surface area contributed by atoms with Crippen LogP contribution in [0.3, 0.4) is 0 Å². The highest BCUT2D eigenvalue weighted by atomic mass is 16.2. The van der Waals surface area contributed by atoms with E-state index in [1.807, 2.05) is 12.4 Å². The van der Waals surface area contributed by atoms with Crippen LogP contribution in [0.25, 0.3) is 17.0 Å². The van der Waals surface area contributed by atoms with Crippen LogP contribution in [-0.4, -0.2) is 40.2 Å². The molecule has 1 saturated heterocycles. The first-order valence-corrected chi connectivity index (χ1v) is 11.9. The number of allylic oxidation sites excluding steroid dienone is 2. The Kier molecular flexibility index (Phi) is 7.13. The molecule has 2 heterocycles. The highest BCUT2D eigenvalue weighted by Gasteiger charge is 2.29. The van der Waals surface area contributed by atoms with Crippen molar-refractivity contribution in [2.24, 2.45) is 17.8 Å². The van der Waals surface area contributed by atoms with Crippen LogP contribution in [-0.2, 0) is 16.0 Å². The molecule has 2 aromatic rings. The van der Waals surface area contributed by atoms with Crippen LogP contribution in [0.1, 0.15) is 57.1 Å². The van der Waals surface area contributed by atoms with Gasteiger partial charge in [-0.15, -0.1) is 0 Å². The molecule has 1 aliphatic heterocycles. The van der Waals surface area contributed by atoms with Crippen LogP contribution in [0, 0.1) is 17.8 Å². The number of likely N-dealkylation sites (tertiary alicyclic amines) is 1. The number of carbonyl (C=O) groups is 2. The molecule has 0 bridgehead atoms. The molecule has 1 unspecified atom stereocenters. The zero-order valence-corrected chi connectivity index (χ0v) is 19.2. The predicted molar refractivity (Wildman–Crippen MR) is 127 cm³/mol. The number of nitrogens with zero attached hydrogens (tertiary/aromatic N) is 3. The van der Waals surface area contributed by atoms with Gasteiger partial charge in [0, 0.05) is 48.9 Å². The summed E-state index contributed by atoms with van der Waals surface area (Å²) in [4.78, 5) is 33.8. The lowest BCUT2D eigenvalue weighted by molar-refractivity contribution is -0.139. The minimum absolute atomic E-state index is 0.0411. The lowest BCUT2D eigenvalue weighted by Crippen LogP contribution is -2.50. The summed E-state index contributed by atoms with van der Waals surface area (Å²) in [5.74, 6) is 2.47. The van der Waals surface area contributed by atoms with Gasteiger partial charge in [0.1, 0.15) is 6.29 Å². The number of aldehydes is 1. The highest BCUT2D eigenvalue weighted by Crippen LogP contribution is 2.33. The van der Waals surface area contributed by atoms with Gasteiger partial charge in [0.05, 0.1) is 0 Å². The monoisotopic (exact) mass is 431 g/mol. The lowest BCUT2D eigenvalue weighted by Gasteiger charge is -2.36. The van der Waals surface area contributed by atoms with Gasteiger partial charge in [-0.25, -0.2) is 9.97 Å². The molecule has 0 saturated carbocycles. The SMILES string of the molecule is CC(C)C1CC=C(c2cnc(-c3ccc(CCCC(=O)N4CC(C=O)C4)cc3)nc2)CC1. The van der Waals surface area contributed by atoms with Crippen molar-refractivity contribution < 1.29 is 9.59 Å². The van der Waals surface area contributed by atoms with Crippen molar-refractivity contribution in [1.82, 2.24) is 14.9 Å². The third-order valence-electron chi connectivity index (χ3n) is 6.94. The van der Waals surface area contributed by atoms with Gasteiger partial charge in [-0.05, 0) is 55.1 Å². The number of carbonyl (C=O) groups excluding carboxylic acids is 2. The highest BCUT2D eigenvalue weighted by molar-refractivity contribution is 5.78. The Morgan fingerprint density at radius 2 is 1.84 bits per heavy atom. The topological polar surface area (TPSA) is 63.2 Å². The first kappa shape index (κ1) is 22.4. The minimum Gasteiger partial charge on any atom is -0.341 e. The third kappa shape index (κ3) is 5.32. The molecule has 5 heteroatoms. The summed E-state index contributed by atoms with van der Waals surface area (Å²) < 4.78 is 0. The smallest absolute Gasteiger partial charge is 0.222 e. The number of aromatic nitrogens is 2. The Morgan fingerprint density at radius 3 is 2.44 bits per heavy atom. The van der Waals surface area contributed by atoms with Crippen LogP contribution in [0.5, 0.6) is 0 Å². The third-order valence-corrected chi connectivity index (χ3v) is 6.94. The molecular weight excluding hydrogens is 398 g/mol. The molecule has 1 amide bonds. The Morgan fingerprint density at radius 1 is 1.12 bits per heavy atom. The number of hydrogen-bond acceptors (Lipinski definition) is 4. The largest absolute Gasteiger partial charge is 0.341 e. The molecular formula is C27H33N3O2. The Bertz CT molecular complexity index is 957. The Labute approximate surface area is 191 Å². The van der Waals surface area contributed by atoms with E-state index < -0.39 is 0 Å². The summed E-state index contributed by atoms with van der Waals surface area (Å²) in [6, 6.07) is 8.31. The molecule has 1 aromatic carbocycles. The number of amides is 1. The van der Waals surface area contributed by atoms with Gasteiger partial charge in [-0.3, -0.25) is 4.79 Å². The molecule has 2 aliphatic rings. The molecule has 4 rings (SSSR count). The molecule has 1 fully saturated rings. The molecule has 0 N–H and O–H groups in total. The maximum absolute atomic E-state index is 12.1. The van der Waals surface area contributed by atoms with Crippen molar-refractivity contribution in [3.8, 4) is 11.4 Å². The molecule has 5 nitrogen and oxygen atoms in total. The van der Waals surface area contributed by atoms with Gasteiger partial charge in [0.2, 0.25) is 5.91 Å². The first-order chi connectivity index (χ1) is 15.5. The van der Waals surface area contributed by atoms with Crippen LogP contribution in [0.2, 0.25) is 0 Å². The minimum atomic E-state index is 0.0411. The van der Waals surface area contributed by atoms with E-state index in [1.165, 1.54) is 17.6 Å². The van der Waals surface area contributed by atoms with E-state index in [0.717, 1.165) is 60.8 Å². The summed E-state index contributed by atoms with van der Waals surface area (Å²) in [7, 11) is 0. The zero-order chi connectivity index (χ0) is 22.5. The maximum atomic E-state index is 12.1. The van der Waals surface area contributed by atoms with E-state index >= 15 is 0 Å². The molecule has 1 aromatic heterocycles. The van der Waals surface area contributed by atoms with Crippen molar-refractivity contribution >= 4 is 17.8 Å². The molecule has 32 heavy (non-hydrogen) atoms. The maximum Gasteiger partial charge on any atom is 0.222 e. The number of aryl methyl sites for hydroxylation is 1. The van der Waals surface area contributed by atoms with E-state index in [-0.39, 0.29) is 11.8 Å². The number of rotatable bonds is 8. The van der Waals surface area contributed by atoms with E-state index in [1.54, 1.807) is 4.90 Å². The lowest BCUT2D eigenvalue weighted by atomic mass is 9.81. The van der Waals surface area contributed by atoms with Gasteiger partial charge >= 0.3 is 0 Å². The standard InChI is InChI=1S/C27H33N3O2/c1-19(2)22-10-12-23(13-11-22)25-14-28-27(29-15-25)24-8-6-20(7-9-24)4-3-5-26(32)30-16-21(17-30)18-31/h6-9,12,14-15,18-19,21-22H,3-5,10-11,13,16-17H2,1-2H3. The summed E-state index contributed by atoms with van der Waals surface area (Å²) in [6.07, 6.45) is 12.9. The van der Waals surface area contributed by atoms with Gasteiger partial charge < -0.3 is 9.69 Å². The van der Waals surface area contributed by atoms with E-state index in [4.69, 9.17) is 0 Å². The molecule has 1 atom stereocenters. The predicted octanol–water partition coefficient (Wildman–Crippen LogP) is 4.96. The van der Waals surface area contributed by atoms with Gasteiger partial charge in [0.15, 0.2) is 5.82 Å². The Balaban J connectivity index is 1.27. The first-order valence-electron chi connectivity index (χ1n) is 11.9. The molecule has 0 spiro atoms. The molecule has 168 valence electrons. The van der Waals surface area contributed by atoms with Crippen molar-refractivity contribution in [2.75, 3.05) is 13.1 Å². The van der Waals surface area contributed by atoms with Crippen molar-refractivity contribution in [2.45, 2.75) is 52.4 Å². The second kappa shape index (κ2) is 10.2. The second-order valence-electron chi connectivity index (χ2n) is 9.55. The zero-order valence-electron chi connectivity index (χ0n) is 19.2. The molecule has 0 radical (unpaired) electrons. The summed E-state index contributed by atoms with van der Waals surface area (Å²) in [6.45, 7) is 5.80. The van der Waals surface area contributed by atoms with Crippen LogP contribution < -0.4 is 0 Å². The normalized spacial score (nSPS) is 18.9. The quantitative estimate of drug-likeness (QED) is 0.554. The second-order valence-corrected chi connectivity index (χ2v) is 9.55. The van der Waals surface area contributed by atoms with E-state index in [9.17, 15) is 9.59 Å². The van der Waals surface area contributed by atoms with Crippen LogP contribution in [0.15, 0.2) is 42.7 Å². The van der Waals surface area contributed by atoms with Gasteiger partial charge in [-0.1, -0.05) is 44.2 Å². The van der Waals surface area contributed by atoms with Crippen molar-refractivity contribution in [1.29, 1.82) is 0 Å². The molecule has 1 aliphatic carbocycles.